The molecule has 1 aliphatic carbocycles. The van der Waals surface area contributed by atoms with Crippen LogP contribution in [0.1, 0.15) is 46.9 Å². The van der Waals surface area contributed by atoms with Crippen molar-refractivity contribution in [3.05, 3.63) is 77.1 Å². The van der Waals surface area contributed by atoms with Crippen LogP contribution in [0.2, 0.25) is 0 Å². The second kappa shape index (κ2) is 9.01. The molecule has 0 unspecified atom stereocenters. The molecule has 0 saturated carbocycles. The molecule has 0 fully saturated rings. The van der Waals surface area contributed by atoms with E-state index < -0.39 is 0 Å². The van der Waals surface area contributed by atoms with Crippen molar-refractivity contribution in [1.29, 1.82) is 0 Å². The highest BCUT2D eigenvalue weighted by atomic mass is 16.2. The van der Waals surface area contributed by atoms with E-state index in [0.717, 1.165) is 82.2 Å². The van der Waals surface area contributed by atoms with Gasteiger partial charge in [0.05, 0.1) is 16.8 Å². The summed E-state index contributed by atoms with van der Waals surface area (Å²) in [4.78, 5) is 26.1. The summed E-state index contributed by atoms with van der Waals surface area (Å²) in [6.45, 7) is 3.59. The van der Waals surface area contributed by atoms with Gasteiger partial charge in [0.15, 0.2) is 0 Å². The summed E-state index contributed by atoms with van der Waals surface area (Å²) >= 11 is 0. The van der Waals surface area contributed by atoms with E-state index in [2.05, 4.69) is 45.8 Å². The smallest absolute Gasteiger partial charge is 0.323 e. The zero-order chi connectivity index (χ0) is 26.7. The minimum atomic E-state index is -0.293. The summed E-state index contributed by atoms with van der Waals surface area (Å²) in [7, 11) is 1.94. The molecule has 3 amide bonds. The van der Waals surface area contributed by atoms with Crippen LogP contribution >= 0.6 is 0 Å². The summed E-state index contributed by atoms with van der Waals surface area (Å²) in [5.74, 6) is -0.0224. The van der Waals surface area contributed by atoms with Gasteiger partial charge in [-0.15, -0.1) is 0 Å². The van der Waals surface area contributed by atoms with Crippen molar-refractivity contribution in [1.82, 2.24) is 19.7 Å². The molecule has 8 heteroatoms. The Morgan fingerprint density at radius 1 is 1.03 bits per heavy atom. The lowest BCUT2D eigenvalue weighted by Gasteiger charge is -2.21. The van der Waals surface area contributed by atoms with Crippen LogP contribution in [-0.4, -0.2) is 26.3 Å². The van der Waals surface area contributed by atoms with Crippen LogP contribution < -0.4 is 16.0 Å². The van der Waals surface area contributed by atoms with Gasteiger partial charge in [0.1, 0.15) is 0 Å². The number of urea groups is 1. The average molecular weight is 519 g/mol. The highest BCUT2D eigenvalue weighted by molar-refractivity contribution is 6.20. The third-order valence-corrected chi connectivity index (χ3v) is 7.97. The maximum atomic E-state index is 13.3. The first-order valence-corrected chi connectivity index (χ1v) is 13.6. The van der Waals surface area contributed by atoms with E-state index in [4.69, 9.17) is 5.10 Å². The lowest BCUT2D eigenvalue weighted by Crippen LogP contribution is -2.19. The van der Waals surface area contributed by atoms with E-state index in [9.17, 15) is 9.59 Å². The first-order valence-electron chi connectivity index (χ1n) is 13.6. The first-order chi connectivity index (χ1) is 19.0. The fourth-order valence-electron chi connectivity index (χ4n) is 6.36. The summed E-state index contributed by atoms with van der Waals surface area (Å²) in [5.41, 5.74) is 9.99. The number of carbonyl (C=O) groups excluding carboxylic acids is 2. The lowest BCUT2D eigenvalue weighted by molar-refractivity contribution is 0.0966. The van der Waals surface area contributed by atoms with Crippen LogP contribution in [0.25, 0.3) is 32.9 Å². The number of carbonyl (C=O) groups is 2. The average Bonchev–Trinajstić information content (AvgIpc) is 3.60. The molecule has 3 N–H and O–H groups in total. The Kier molecular flexibility index (Phi) is 5.43. The number of rotatable bonds is 5. The molecule has 5 aromatic rings. The topological polar surface area (TPSA) is 93.0 Å². The van der Waals surface area contributed by atoms with Gasteiger partial charge in [-0.1, -0.05) is 31.5 Å². The Bertz CT molecular complexity index is 1800. The van der Waals surface area contributed by atoms with Gasteiger partial charge in [-0.3, -0.25) is 9.48 Å². The number of aryl methyl sites for hydroxylation is 4. The molecule has 0 spiro atoms. The molecule has 2 aromatic heterocycles. The molecule has 3 aromatic carbocycles. The number of nitrogens with zero attached hydrogens (tertiary/aromatic N) is 3. The standard InChI is InChI=1S/C31H30N6O2/c1-3-4-14-37-25-13-10-19(34-31(39)33-18-8-6-5-7-9-18)15-21(25)27-22-16-32-30(38)28(22)26-20(29(27)37)11-12-24-23(26)17-36(2)35-24/h5-10,13,15,17H,3-4,11-12,14,16H2,1-2H3,(H,32,38)(H2,33,34,39). The molecule has 7 rings (SSSR count). The van der Waals surface area contributed by atoms with Crippen LogP contribution in [0.15, 0.2) is 54.7 Å². The number of hydrogen-bond donors (Lipinski definition) is 3. The highest BCUT2D eigenvalue weighted by Crippen LogP contribution is 2.47. The minimum Gasteiger partial charge on any atom is -0.348 e. The van der Waals surface area contributed by atoms with E-state index in [-0.39, 0.29) is 11.9 Å². The molecule has 196 valence electrons. The first kappa shape index (κ1) is 23.5. The van der Waals surface area contributed by atoms with Crippen molar-refractivity contribution in [2.24, 2.45) is 7.05 Å². The highest BCUT2D eigenvalue weighted by Gasteiger charge is 2.35. The SMILES string of the molecule is CCCCn1c2ccc(NC(=O)Nc3ccccc3)cc2c2c3c(c4c(c21)CCc1nn(C)cc1-4)C(=O)NC3. The number of amides is 3. The number of benzene rings is 3. The van der Waals surface area contributed by atoms with Crippen molar-refractivity contribution in [3.8, 4) is 11.1 Å². The number of unbranched alkanes of at least 4 members (excludes halogenated alkanes) is 1. The maximum Gasteiger partial charge on any atom is 0.323 e. The zero-order valence-electron chi connectivity index (χ0n) is 22.1. The Balaban J connectivity index is 1.44. The van der Waals surface area contributed by atoms with Gasteiger partial charge < -0.3 is 20.5 Å². The Morgan fingerprint density at radius 2 is 1.85 bits per heavy atom. The fourth-order valence-corrected chi connectivity index (χ4v) is 6.36. The molecule has 0 saturated heterocycles. The largest absolute Gasteiger partial charge is 0.348 e. The predicted octanol–water partition coefficient (Wildman–Crippen LogP) is 5.98. The zero-order valence-corrected chi connectivity index (χ0v) is 22.1. The molecule has 1 aliphatic heterocycles. The molecular weight excluding hydrogens is 488 g/mol. The van der Waals surface area contributed by atoms with E-state index in [0.29, 0.717) is 12.2 Å². The van der Waals surface area contributed by atoms with Gasteiger partial charge in [-0.05, 0) is 60.7 Å². The van der Waals surface area contributed by atoms with Crippen molar-refractivity contribution in [3.63, 3.8) is 0 Å². The van der Waals surface area contributed by atoms with Gasteiger partial charge in [0, 0.05) is 65.1 Å². The molecule has 8 nitrogen and oxygen atoms in total. The summed E-state index contributed by atoms with van der Waals surface area (Å²) in [5, 5.41) is 15.9. The number of nitrogens with one attached hydrogen (secondary N) is 3. The van der Waals surface area contributed by atoms with Crippen molar-refractivity contribution in [2.75, 3.05) is 10.6 Å². The Hall–Kier alpha value is -4.59. The quantitative estimate of drug-likeness (QED) is 0.267. The van der Waals surface area contributed by atoms with Gasteiger partial charge in [-0.25, -0.2) is 4.79 Å². The predicted molar refractivity (Wildman–Crippen MR) is 154 cm³/mol. The maximum absolute atomic E-state index is 13.3. The second-order valence-electron chi connectivity index (χ2n) is 10.5. The van der Waals surface area contributed by atoms with E-state index in [1.807, 2.05) is 48.1 Å². The van der Waals surface area contributed by atoms with Crippen LogP contribution in [0.3, 0.4) is 0 Å². The van der Waals surface area contributed by atoms with Crippen LogP contribution in [-0.2, 0) is 33.0 Å². The van der Waals surface area contributed by atoms with Gasteiger partial charge >= 0.3 is 6.03 Å². The second-order valence-corrected chi connectivity index (χ2v) is 10.5. The van der Waals surface area contributed by atoms with E-state index >= 15 is 0 Å². The van der Waals surface area contributed by atoms with E-state index in [1.165, 1.54) is 11.1 Å². The van der Waals surface area contributed by atoms with Crippen LogP contribution in [0.4, 0.5) is 16.2 Å². The molecule has 39 heavy (non-hydrogen) atoms. The molecule has 0 bridgehead atoms. The van der Waals surface area contributed by atoms with Crippen molar-refractivity contribution in [2.45, 2.75) is 45.7 Å². The molecule has 0 atom stereocenters. The summed E-state index contributed by atoms with van der Waals surface area (Å²) in [6, 6.07) is 15.2. The number of hydrogen-bond acceptors (Lipinski definition) is 3. The normalized spacial score (nSPS) is 13.7. The van der Waals surface area contributed by atoms with E-state index in [1.54, 1.807) is 0 Å². The Labute approximate surface area is 226 Å². The van der Waals surface area contributed by atoms with Crippen LogP contribution in [0, 0.1) is 0 Å². The lowest BCUT2D eigenvalue weighted by atomic mass is 9.82. The monoisotopic (exact) mass is 518 g/mol. The van der Waals surface area contributed by atoms with Crippen molar-refractivity contribution < 1.29 is 9.59 Å². The van der Waals surface area contributed by atoms with Crippen LogP contribution in [0.5, 0.6) is 0 Å². The fraction of sp³-hybridized carbons (Fsp3) is 0.258. The molecule has 0 radical (unpaired) electrons. The molecule has 3 heterocycles. The summed E-state index contributed by atoms with van der Waals surface area (Å²) < 4.78 is 4.29. The van der Waals surface area contributed by atoms with Gasteiger partial charge in [0.2, 0.25) is 0 Å². The molecular formula is C31H30N6O2. The third kappa shape index (κ3) is 3.70. The van der Waals surface area contributed by atoms with Gasteiger partial charge in [0.25, 0.3) is 5.91 Å². The number of aromatic nitrogens is 3. The number of fused-ring (bicyclic) bond motifs is 10. The minimum absolute atomic E-state index is 0.0224. The van der Waals surface area contributed by atoms with Crippen molar-refractivity contribution >= 4 is 45.1 Å². The number of anilines is 2. The number of para-hydroxylation sites is 1. The molecule has 2 aliphatic rings. The Morgan fingerprint density at radius 3 is 2.67 bits per heavy atom. The third-order valence-electron chi connectivity index (χ3n) is 7.97. The summed E-state index contributed by atoms with van der Waals surface area (Å²) in [6.07, 6.45) is 5.88. The van der Waals surface area contributed by atoms with Gasteiger partial charge in [-0.2, -0.15) is 5.10 Å².